The second kappa shape index (κ2) is 6.43. The van der Waals surface area contributed by atoms with E-state index in [1.807, 2.05) is 4.57 Å². The first-order valence-electron chi connectivity index (χ1n) is 6.94. The number of imidazole rings is 1. The molecular formula is C12H21ClN4O2S. The van der Waals surface area contributed by atoms with Gasteiger partial charge in [-0.1, -0.05) is 0 Å². The van der Waals surface area contributed by atoms with E-state index in [-0.39, 0.29) is 23.5 Å². The number of aryl methyl sites for hydroxylation is 2. The average molecular weight is 321 g/mol. The Morgan fingerprint density at radius 3 is 2.75 bits per heavy atom. The quantitative estimate of drug-likeness (QED) is 0.858. The molecule has 1 fully saturated rings. The summed E-state index contributed by atoms with van der Waals surface area (Å²) < 4.78 is 29.4. The molecule has 1 saturated heterocycles. The third-order valence-electron chi connectivity index (χ3n) is 3.82. The monoisotopic (exact) mass is 320 g/mol. The Morgan fingerprint density at radius 1 is 1.30 bits per heavy atom. The van der Waals surface area contributed by atoms with Crippen molar-refractivity contribution in [3.05, 3.63) is 12.0 Å². The fraction of sp³-hybridized carbons (Fsp3) is 0.750. The topological polar surface area (TPSA) is 76.0 Å². The Morgan fingerprint density at radius 2 is 2.05 bits per heavy atom. The summed E-state index contributed by atoms with van der Waals surface area (Å²) in [6, 6.07) is 0.0324. The van der Waals surface area contributed by atoms with E-state index in [9.17, 15) is 8.42 Å². The van der Waals surface area contributed by atoms with E-state index < -0.39 is 10.0 Å². The van der Waals surface area contributed by atoms with Gasteiger partial charge in [-0.2, -0.15) is 0 Å². The van der Waals surface area contributed by atoms with Crippen molar-refractivity contribution < 1.29 is 8.42 Å². The van der Waals surface area contributed by atoms with E-state index in [2.05, 4.69) is 15.0 Å². The number of hydrogen-bond acceptors (Lipinski definition) is 4. The molecular weight excluding hydrogens is 300 g/mol. The lowest BCUT2D eigenvalue weighted by molar-refractivity contribution is 0.426. The largest absolute Gasteiger partial charge is 0.333 e. The van der Waals surface area contributed by atoms with E-state index in [0.29, 0.717) is 0 Å². The minimum Gasteiger partial charge on any atom is -0.333 e. The molecule has 2 aliphatic heterocycles. The van der Waals surface area contributed by atoms with Gasteiger partial charge in [0.15, 0.2) is 5.03 Å². The summed E-state index contributed by atoms with van der Waals surface area (Å²) in [6.45, 7) is 2.62. The number of aromatic nitrogens is 2. The molecule has 0 unspecified atom stereocenters. The van der Waals surface area contributed by atoms with Crippen LogP contribution in [0.1, 0.15) is 31.5 Å². The first-order chi connectivity index (χ1) is 9.15. The van der Waals surface area contributed by atoms with Gasteiger partial charge in [-0.15, -0.1) is 12.4 Å². The van der Waals surface area contributed by atoms with E-state index >= 15 is 0 Å². The van der Waals surface area contributed by atoms with Crippen LogP contribution in [0.3, 0.4) is 0 Å². The Labute approximate surface area is 125 Å². The third-order valence-corrected chi connectivity index (χ3v) is 5.21. The summed E-state index contributed by atoms with van der Waals surface area (Å²) >= 11 is 0. The van der Waals surface area contributed by atoms with Crippen molar-refractivity contribution in [3.63, 3.8) is 0 Å². The summed E-state index contributed by atoms with van der Waals surface area (Å²) in [5, 5.41) is 3.41. The lowest BCUT2D eigenvalue weighted by Gasteiger charge is -2.22. The first kappa shape index (κ1) is 15.8. The summed E-state index contributed by atoms with van der Waals surface area (Å²) in [4.78, 5) is 4.28. The molecule has 3 heterocycles. The fourth-order valence-corrected chi connectivity index (χ4v) is 4.02. The number of halogens is 1. The van der Waals surface area contributed by atoms with Gasteiger partial charge in [0, 0.05) is 25.2 Å². The van der Waals surface area contributed by atoms with Gasteiger partial charge in [0.25, 0.3) is 10.0 Å². The van der Waals surface area contributed by atoms with Crippen molar-refractivity contribution in [3.8, 4) is 0 Å². The number of sulfonamides is 1. The van der Waals surface area contributed by atoms with Crippen molar-refractivity contribution >= 4 is 22.4 Å². The van der Waals surface area contributed by atoms with Crippen LogP contribution < -0.4 is 10.0 Å². The zero-order valence-corrected chi connectivity index (χ0v) is 13.0. The van der Waals surface area contributed by atoms with Gasteiger partial charge < -0.3 is 9.88 Å². The van der Waals surface area contributed by atoms with Gasteiger partial charge in [0.2, 0.25) is 0 Å². The molecule has 8 heteroatoms. The Balaban J connectivity index is 0.00000147. The van der Waals surface area contributed by atoms with Gasteiger partial charge in [-0.05, 0) is 38.8 Å². The molecule has 114 valence electrons. The number of piperidine rings is 1. The van der Waals surface area contributed by atoms with Gasteiger partial charge in [0.05, 0.1) is 0 Å². The highest BCUT2D eigenvalue weighted by Crippen LogP contribution is 2.18. The lowest BCUT2D eigenvalue weighted by Crippen LogP contribution is -2.42. The molecule has 3 rings (SSSR count). The van der Waals surface area contributed by atoms with E-state index in [1.165, 1.54) is 0 Å². The number of nitrogens with zero attached hydrogens (tertiary/aromatic N) is 2. The highest BCUT2D eigenvalue weighted by molar-refractivity contribution is 7.89. The minimum atomic E-state index is -3.46. The molecule has 0 bridgehead atoms. The summed E-state index contributed by atoms with van der Waals surface area (Å²) in [5.41, 5.74) is 0. The van der Waals surface area contributed by atoms with Crippen molar-refractivity contribution in [1.82, 2.24) is 19.6 Å². The van der Waals surface area contributed by atoms with Crippen LogP contribution in [0, 0.1) is 0 Å². The molecule has 2 N–H and O–H groups in total. The number of fused-ring (bicyclic) bond motifs is 1. The van der Waals surface area contributed by atoms with Crippen molar-refractivity contribution in [2.75, 3.05) is 13.1 Å². The van der Waals surface area contributed by atoms with Crippen LogP contribution in [0.2, 0.25) is 0 Å². The molecule has 0 aromatic carbocycles. The van der Waals surface area contributed by atoms with Crippen LogP contribution in [0.15, 0.2) is 11.2 Å². The van der Waals surface area contributed by atoms with Crippen molar-refractivity contribution in [2.45, 2.75) is 49.7 Å². The number of rotatable bonds is 3. The lowest BCUT2D eigenvalue weighted by atomic mass is 10.1. The Bertz CT molecular complexity index is 528. The van der Waals surface area contributed by atoms with Gasteiger partial charge in [-0.25, -0.2) is 18.1 Å². The molecule has 0 radical (unpaired) electrons. The van der Waals surface area contributed by atoms with Gasteiger partial charge in [0.1, 0.15) is 5.82 Å². The van der Waals surface area contributed by atoms with Crippen molar-refractivity contribution in [2.24, 2.45) is 0 Å². The fourth-order valence-electron chi connectivity index (χ4n) is 2.74. The molecule has 0 spiro atoms. The molecule has 0 aliphatic carbocycles. The van der Waals surface area contributed by atoms with Crippen LogP contribution in [-0.2, 0) is 23.0 Å². The van der Waals surface area contributed by atoms with Crippen LogP contribution in [-0.4, -0.2) is 37.1 Å². The maximum atomic E-state index is 12.3. The number of hydrogen-bond donors (Lipinski definition) is 2. The summed E-state index contributed by atoms with van der Waals surface area (Å²) in [6.07, 6.45) is 6.43. The molecule has 0 atom stereocenters. The Kier molecular flexibility index (Phi) is 5.06. The minimum absolute atomic E-state index is 0. The molecule has 1 aromatic heterocycles. The summed E-state index contributed by atoms with van der Waals surface area (Å²) in [7, 11) is -3.46. The molecule has 0 saturated carbocycles. The standard InChI is InChI=1S/C12H20N4O2S.ClH/c17-19(18,15-10-4-6-13-7-5-10)12-9-16-8-2-1-3-11(16)14-12;/h9-10,13,15H,1-8H2;1H. The first-order valence-corrected chi connectivity index (χ1v) is 8.42. The summed E-state index contributed by atoms with van der Waals surface area (Å²) in [5.74, 6) is 0.900. The Hall–Kier alpha value is -0.630. The van der Waals surface area contributed by atoms with Crippen LogP contribution in [0.25, 0.3) is 0 Å². The molecule has 20 heavy (non-hydrogen) atoms. The predicted molar refractivity (Wildman–Crippen MR) is 78.6 cm³/mol. The maximum Gasteiger partial charge on any atom is 0.259 e. The second-order valence-corrected chi connectivity index (χ2v) is 6.95. The average Bonchev–Trinajstić information content (AvgIpc) is 2.84. The molecule has 0 amide bonds. The highest BCUT2D eigenvalue weighted by Gasteiger charge is 2.25. The predicted octanol–water partition coefficient (Wildman–Crippen LogP) is 0.671. The van der Waals surface area contributed by atoms with Gasteiger partial charge in [-0.3, -0.25) is 0 Å². The van der Waals surface area contributed by atoms with E-state index in [4.69, 9.17) is 0 Å². The zero-order valence-electron chi connectivity index (χ0n) is 11.3. The second-order valence-electron chi connectivity index (χ2n) is 5.29. The third kappa shape index (κ3) is 3.33. The molecule has 6 nitrogen and oxygen atoms in total. The molecule has 1 aromatic rings. The zero-order chi connectivity index (χ0) is 13.3. The number of nitrogens with one attached hydrogen (secondary N) is 2. The smallest absolute Gasteiger partial charge is 0.259 e. The van der Waals surface area contributed by atoms with Crippen LogP contribution >= 0.6 is 12.4 Å². The molecule has 2 aliphatic rings. The highest BCUT2D eigenvalue weighted by atomic mass is 35.5. The normalized spacial score (nSPS) is 20.2. The van der Waals surface area contributed by atoms with Crippen LogP contribution in [0.4, 0.5) is 0 Å². The maximum absolute atomic E-state index is 12.3. The van der Waals surface area contributed by atoms with E-state index in [1.54, 1.807) is 6.20 Å². The SMILES string of the molecule is Cl.O=S(=O)(NC1CCNCC1)c1cn2c(n1)CCCC2. The van der Waals surface area contributed by atoms with Gasteiger partial charge >= 0.3 is 0 Å². The van der Waals surface area contributed by atoms with E-state index in [0.717, 1.165) is 57.6 Å². The van der Waals surface area contributed by atoms with Crippen LogP contribution in [0.5, 0.6) is 0 Å². The van der Waals surface area contributed by atoms with Crippen molar-refractivity contribution in [1.29, 1.82) is 0 Å².